The van der Waals surface area contributed by atoms with Gasteiger partial charge in [-0.15, -0.1) is 0 Å². The normalized spacial score (nSPS) is 17.2. The van der Waals surface area contributed by atoms with Crippen molar-refractivity contribution in [1.29, 1.82) is 0 Å². The molecule has 0 spiro atoms. The van der Waals surface area contributed by atoms with Crippen LogP contribution in [-0.4, -0.2) is 34.4 Å². The number of phenols is 2. The van der Waals surface area contributed by atoms with Gasteiger partial charge >= 0.3 is 0 Å². The number of rotatable bonds is 6. The molecule has 0 amide bonds. The van der Waals surface area contributed by atoms with E-state index < -0.39 is 0 Å². The van der Waals surface area contributed by atoms with E-state index in [1.807, 2.05) is 0 Å². The molecule has 0 radical (unpaired) electrons. The van der Waals surface area contributed by atoms with Crippen molar-refractivity contribution in [2.75, 3.05) is 13.2 Å². The van der Waals surface area contributed by atoms with Crippen molar-refractivity contribution in [3.63, 3.8) is 0 Å². The lowest BCUT2D eigenvalue weighted by molar-refractivity contribution is 0.0673. The summed E-state index contributed by atoms with van der Waals surface area (Å²) in [5.74, 6) is 0.767. The van der Waals surface area contributed by atoms with Gasteiger partial charge in [-0.1, -0.05) is 76.9 Å². The molecule has 0 saturated carbocycles. The smallest absolute Gasteiger partial charge is 0.123 e. The highest BCUT2D eigenvalue weighted by molar-refractivity contribution is 5.48. The lowest BCUT2D eigenvalue weighted by Gasteiger charge is -2.29. The van der Waals surface area contributed by atoms with Crippen molar-refractivity contribution >= 4 is 0 Å². The number of aryl methyl sites for hydroxylation is 2. The molecule has 0 aromatic heterocycles. The van der Waals surface area contributed by atoms with Gasteiger partial charge in [-0.25, -0.2) is 0 Å². The van der Waals surface area contributed by atoms with Crippen LogP contribution in [0.4, 0.5) is 0 Å². The van der Waals surface area contributed by atoms with Crippen LogP contribution in [0.25, 0.3) is 0 Å². The lowest BCUT2D eigenvalue weighted by Crippen LogP contribution is -2.32. The predicted molar refractivity (Wildman–Crippen MR) is 136 cm³/mol. The molecule has 2 aromatic carbocycles. The van der Waals surface area contributed by atoms with Gasteiger partial charge in [0.15, 0.2) is 0 Å². The van der Waals surface area contributed by atoms with Crippen LogP contribution in [0.3, 0.4) is 0 Å². The van der Waals surface area contributed by atoms with E-state index in [1.165, 1.54) is 0 Å². The van der Waals surface area contributed by atoms with Crippen molar-refractivity contribution in [3.8, 4) is 11.5 Å². The second-order valence-corrected chi connectivity index (χ2v) is 11.9. The maximum atomic E-state index is 11.2. The quantitative estimate of drug-likeness (QED) is 0.525. The third kappa shape index (κ3) is 6.30. The van der Waals surface area contributed by atoms with Gasteiger partial charge in [0.1, 0.15) is 11.5 Å². The third-order valence-corrected chi connectivity index (χ3v) is 6.56. The molecular formula is C29H43NO3. The Morgan fingerprint density at radius 2 is 1.27 bits per heavy atom. The van der Waals surface area contributed by atoms with E-state index in [2.05, 4.69) is 84.6 Å². The van der Waals surface area contributed by atoms with E-state index in [4.69, 9.17) is 4.74 Å². The zero-order valence-corrected chi connectivity index (χ0v) is 21.9. The number of nitrogens with zero attached hydrogens (tertiary/aromatic N) is 1. The first kappa shape index (κ1) is 25.6. The number of benzene rings is 2. The summed E-state index contributed by atoms with van der Waals surface area (Å²) in [4.78, 5) is 2.32. The van der Waals surface area contributed by atoms with Crippen LogP contribution >= 0.6 is 0 Å². The summed E-state index contributed by atoms with van der Waals surface area (Å²) in [5, 5.41) is 22.3. The van der Waals surface area contributed by atoms with Crippen LogP contribution in [-0.2, 0) is 28.7 Å². The molecule has 0 bridgehead atoms. The summed E-state index contributed by atoms with van der Waals surface area (Å²) >= 11 is 0. The molecule has 3 rings (SSSR count). The van der Waals surface area contributed by atoms with Gasteiger partial charge in [0, 0.05) is 37.4 Å². The van der Waals surface area contributed by atoms with E-state index in [9.17, 15) is 10.2 Å². The fraction of sp³-hybridized carbons (Fsp3) is 0.586. The van der Waals surface area contributed by atoms with Gasteiger partial charge in [-0.3, -0.25) is 4.90 Å². The Labute approximate surface area is 200 Å². The molecule has 1 unspecified atom stereocenters. The summed E-state index contributed by atoms with van der Waals surface area (Å²) in [7, 11) is 0. The molecular weight excluding hydrogens is 410 g/mol. The van der Waals surface area contributed by atoms with E-state index in [0.29, 0.717) is 24.6 Å². The maximum Gasteiger partial charge on any atom is 0.123 e. The standard InChI is InChI=1S/C29H43NO3/c1-19-12-21(26(31)24(14-19)28(3,4)5)16-30(18-23-10-9-11-33-23)17-22-13-20(2)15-25(27(22)32)29(6,7)8/h12-15,23,31-32H,9-11,16-18H2,1-8H3. The Morgan fingerprint density at radius 1 is 0.818 bits per heavy atom. The molecule has 1 heterocycles. The molecule has 1 atom stereocenters. The highest BCUT2D eigenvalue weighted by Crippen LogP contribution is 2.37. The number of hydrogen-bond donors (Lipinski definition) is 2. The van der Waals surface area contributed by atoms with Gasteiger partial charge in [0.2, 0.25) is 0 Å². The topological polar surface area (TPSA) is 52.9 Å². The van der Waals surface area contributed by atoms with Crippen LogP contribution in [0.1, 0.15) is 87.8 Å². The number of aromatic hydroxyl groups is 2. The minimum absolute atomic E-state index is 0.138. The monoisotopic (exact) mass is 453 g/mol. The summed E-state index contributed by atoms with van der Waals surface area (Å²) in [5.41, 5.74) is 5.84. The second kappa shape index (κ2) is 9.68. The van der Waals surface area contributed by atoms with Crippen molar-refractivity contribution in [3.05, 3.63) is 57.6 Å². The van der Waals surface area contributed by atoms with Crippen LogP contribution < -0.4 is 0 Å². The van der Waals surface area contributed by atoms with E-state index in [0.717, 1.165) is 59.4 Å². The highest BCUT2D eigenvalue weighted by Gasteiger charge is 2.26. The van der Waals surface area contributed by atoms with Crippen molar-refractivity contribution in [2.24, 2.45) is 0 Å². The molecule has 1 fully saturated rings. The molecule has 33 heavy (non-hydrogen) atoms. The molecule has 2 N–H and O–H groups in total. The van der Waals surface area contributed by atoms with Crippen LogP contribution in [0.15, 0.2) is 24.3 Å². The third-order valence-electron chi connectivity index (χ3n) is 6.56. The van der Waals surface area contributed by atoms with E-state index in [1.54, 1.807) is 0 Å². The summed E-state index contributed by atoms with van der Waals surface area (Å²) in [6.45, 7) is 19.8. The molecule has 182 valence electrons. The van der Waals surface area contributed by atoms with Crippen molar-refractivity contribution < 1.29 is 14.9 Å². The number of ether oxygens (including phenoxy) is 1. The highest BCUT2D eigenvalue weighted by atomic mass is 16.5. The molecule has 2 aromatic rings. The fourth-order valence-corrected chi connectivity index (χ4v) is 4.84. The molecule has 0 aliphatic carbocycles. The zero-order valence-electron chi connectivity index (χ0n) is 21.9. The minimum Gasteiger partial charge on any atom is -0.507 e. The van der Waals surface area contributed by atoms with Gasteiger partial charge in [-0.05, 0) is 48.6 Å². The van der Waals surface area contributed by atoms with Gasteiger partial charge in [0.25, 0.3) is 0 Å². The Hall–Kier alpha value is -2.04. The fourth-order valence-electron chi connectivity index (χ4n) is 4.84. The van der Waals surface area contributed by atoms with Crippen molar-refractivity contribution in [2.45, 2.75) is 98.3 Å². The SMILES string of the molecule is Cc1cc(CN(Cc2cc(C)cc(C(C)(C)C)c2O)CC2CCCO2)c(O)c(C(C)(C)C)c1. The van der Waals surface area contributed by atoms with Gasteiger partial charge < -0.3 is 14.9 Å². The average Bonchev–Trinajstić information content (AvgIpc) is 3.18. The zero-order chi connectivity index (χ0) is 24.6. The Kier molecular flexibility index (Phi) is 7.50. The Bertz CT molecular complexity index is 904. The summed E-state index contributed by atoms with van der Waals surface area (Å²) in [6.07, 6.45) is 2.33. The van der Waals surface area contributed by atoms with Gasteiger partial charge in [-0.2, -0.15) is 0 Å². The summed E-state index contributed by atoms with van der Waals surface area (Å²) in [6, 6.07) is 8.35. The van der Waals surface area contributed by atoms with Gasteiger partial charge in [0.05, 0.1) is 6.10 Å². The Morgan fingerprint density at radius 3 is 1.64 bits per heavy atom. The van der Waals surface area contributed by atoms with Crippen LogP contribution in [0, 0.1) is 13.8 Å². The van der Waals surface area contributed by atoms with Crippen molar-refractivity contribution in [1.82, 2.24) is 4.90 Å². The maximum absolute atomic E-state index is 11.2. The van der Waals surface area contributed by atoms with Crippen LogP contribution in [0.5, 0.6) is 11.5 Å². The summed E-state index contributed by atoms with van der Waals surface area (Å²) < 4.78 is 5.96. The largest absolute Gasteiger partial charge is 0.507 e. The van der Waals surface area contributed by atoms with Crippen LogP contribution in [0.2, 0.25) is 0 Å². The first-order chi connectivity index (χ1) is 15.3. The molecule has 1 saturated heterocycles. The van der Waals surface area contributed by atoms with E-state index >= 15 is 0 Å². The Balaban J connectivity index is 1.98. The average molecular weight is 454 g/mol. The first-order valence-electron chi connectivity index (χ1n) is 12.3. The minimum atomic E-state index is -0.138. The number of hydrogen-bond acceptors (Lipinski definition) is 4. The molecule has 1 aliphatic rings. The molecule has 1 aliphatic heterocycles. The first-order valence-corrected chi connectivity index (χ1v) is 12.3. The van der Waals surface area contributed by atoms with E-state index in [-0.39, 0.29) is 16.9 Å². The molecule has 4 nitrogen and oxygen atoms in total. The lowest BCUT2D eigenvalue weighted by atomic mass is 9.83. The second-order valence-electron chi connectivity index (χ2n) is 11.9. The molecule has 4 heteroatoms. The number of phenolic OH excluding ortho intramolecular Hbond substituents is 2. The predicted octanol–water partition coefficient (Wildman–Crippen LogP) is 6.49.